The van der Waals surface area contributed by atoms with E-state index in [4.69, 9.17) is 4.74 Å². The molecular formula is C14H16N2O3. The van der Waals surface area contributed by atoms with Gasteiger partial charge in [-0.3, -0.25) is 0 Å². The first-order valence-corrected chi connectivity index (χ1v) is 6.29. The molecule has 19 heavy (non-hydrogen) atoms. The van der Waals surface area contributed by atoms with Crippen LogP contribution in [0.1, 0.15) is 35.2 Å². The van der Waals surface area contributed by atoms with Crippen LogP contribution in [0.4, 0.5) is 0 Å². The van der Waals surface area contributed by atoms with Gasteiger partial charge >= 0.3 is 5.97 Å². The fourth-order valence-electron chi connectivity index (χ4n) is 2.39. The number of ether oxygens (including phenoxy) is 2. The number of fused-ring (bicyclic) bond motifs is 1. The maximum absolute atomic E-state index is 11.1. The van der Waals surface area contributed by atoms with Gasteiger partial charge in [0, 0.05) is 5.69 Å². The molecule has 0 N–H and O–H groups in total. The molecule has 0 aromatic carbocycles. The Morgan fingerprint density at radius 3 is 2.68 bits per heavy atom. The van der Waals surface area contributed by atoms with E-state index in [1.807, 2.05) is 6.92 Å². The Bertz CT molecular complexity index is 547. The van der Waals surface area contributed by atoms with Crippen molar-refractivity contribution in [3.8, 4) is 11.9 Å². The van der Waals surface area contributed by atoms with E-state index in [1.54, 1.807) is 0 Å². The molecule has 5 nitrogen and oxygen atoms in total. The topological polar surface area (TPSA) is 72.2 Å². The highest BCUT2D eigenvalue weighted by Gasteiger charge is 2.21. The maximum atomic E-state index is 11.1. The summed E-state index contributed by atoms with van der Waals surface area (Å²) in [5.74, 6) is -0.243. The molecule has 0 atom stereocenters. The van der Waals surface area contributed by atoms with E-state index < -0.39 is 5.97 Å². The third-order valence-electron chi connectivity index (χ3n) is 3.36. The van der Waals surface area contributed by atoms with Crippen molar-refractivity contribution in [1.29, 1.82) is 5.26 Å². The van der Waals surface area contributed by atoms with Crippen molar-refractivity contribution in [2.45, 2.75) is 32.6 Å². The summed E-state index contributed by atoms with van der Waals surface area (Å²) in [5.41, 5.74) is 3.53. The molecule has 0 bridgehead atoms. The minimum atomic E-state index is -0.485. The summed E-state index contributed by atoms with van der Waals surface area (Å²) in [4.78, 5) is 15.4. The number of pyridine rings is 1. The van der Waals surface area contributed by atoms with Crippen molar-refractivity contribution in [3.05, 3.63) is 22.4 Å². The fraction of sp³-hybridized carbons (Fsp3) is 0.500. The first-order valence-electron chi connectivity index (χ1n) is 6.29. The summed E-state index contributed by atoms with van der Waals surface area (Å²) in [7, 11) is 1.29. The van der Waals surface area contributed by atoms with Crippen molar-refractivity contribution in [3.63, 3.8) is 0 Å². The van der Waals surface area contributed by atoms with Crippen molar-refractivity contribution in [1.82, 2.24) is 4.98 Å². The molecule has 1 aliphatic carbocycles. The van der Waals surface area contributed by atoms with E-state index in [0.29, 0.717) is 5.56 Å². The number of nitriles is 1. The summed E-state index contributed by atoms with van der Waals surface area (Å²) in [6.07, 6.45) is 4.03. The van der Waals surface area contributed by atoms with Crippen LogP contribution in [0.3, 0.4) is 0 Å². The number of esters is 1. The van der Waals surface area contributed by atoms with Crippen molar-refractivity contribution in [2.24, 2.45) is 0 Å². The number of carbonyl (C=O) groups excluding carboxylic acids is 1. The van der Waals surface area contributed by atoms with E-state index >= 15 is 0 Å². The zero-order chi connectivity index (χ0) is 13.8. The molecule has 2 rings (SSSR count). The predicted molar refractivity (Wildman–Crippen MR) is 67.8 cm³/mol. The quantitative estimate of drug-likeness (QED) is 0.773. The first-order chi connectivity index (χ1) is 9.17. The Kier molecular flexibility index (Phi) is 4.00. The Labute approximate surface area is 112 Å². The van der Waals surface area contributed by atoms with Gasteiger partial charge in [-0.15, -0.1) is 0 Å². The molecular weight excluding hydrogens is 244 g/mol. The summed E-state index contributed by atoms with van der Waals surface area (Å²) >= 11 is 0. The second-order valence-electron chi connectivity index (χ2n) is 4.52. The number of hydrogen-bond donors (Lipinski definition) is 0. The lowest BCUT2D eigenvalue weighted by molar-refractivity contribution is -0.143. The molecule has 0 saturated heterocycles. The summed E-state index contributed by atoms with van der Waals surface area (Å²) < 4.78 is 9.83. The number of hydrogen-bond acceptors (Lipinski definition) is 5. The van der Waals surface area contributed by atoms with Gasteiger partial charge in [-0.1, -0.05) is 0 Å². The minimum absolute atomic E-state index is 0.226. The lowest BCUT2D eigenvalue weighted by atomic mass is 9.88. The molecule has 0 unspecified atom stereocenters. The third-order valence-corrected chi connectivity index (χ3v) is 3.36. The van der Waals surface area contributed by atoms with Crippen molar-refractivity contribution in [2.75, 3.05) is 13.7 Å². The largest absolute Gasteiger partial charge is 0.466 e. The number of carbonyl (C=O) groups is 1. The molecule has 0 fully saturated rings. The van der Waals surface area contributed by atoms with Crippen LogP contribution < -0.4 is 4.74 Å². The molecule has 0 aliphatic heterocycles. The Morgan fingerprint density at radius 1 is 1.37 bits per heavy atom. The zero-order valence-electron chi connectivity index (χ0n) is 11.2. The molecule has 0 saturated carbocycles. The van der Waals surface area contributed by atoms with Gasteiger partial charge in [-0.25, -0.2) is 9.78 Å². The molecule has 0 radical (unpaired) electrons. The van der Waals surface area contributed by atoms with Crippen LogP contribution in [-0.4, -0.2) is 24.7 Å². The van der Waals surface area contributed by atoms with Crippen LogP contribution >= 0.6 is 0 Å². The predicted octanol–water partition coefficient (Wildman–Crippen LogP) is 1.69. The molecule has 100 valence electrons. The van der Waals surface area contributed by atoms with Gasteiger partial charge < -0.3 is 9.47 Å². The van der Waals surface area contributed by atoms with Crippen molar-refractivity contribution < 1.29 is 14.3 Å². The van der Waals surface area contributed by atoms with E-state index in [-0.39, 0.29) is 12.5 Å². The molecule has 5 heteroatoms. The lowest BCUT2D eigenvalue weighted by Crippen LogP contribution is -2.16. The average molecular weight is 260 g/mol. The molecule has 1 aromatic rings. The minimum Gasteiger partial charge on any atom is -0.466 e. The highest BCUT2D eigenvalue weighted by Crippen LogP contribution is 2.31. The number of rotatable bonds is 3. The van der Waals surface area contributed by atoms with E-state index in [0.717, 1.165) is 42.5 Å². The SMILES string of the molecule is COC(=O)COc1nc(C)c2c(c1C#N)CCCC2. The smallest absolute Gasteiger partial charge is 0.343 e. The Morgan fingerprint density at radius 2 is 2.05 bits per heavy atom. The number of aromatic nitrogens is 1. The van der Waals surface area contributed by atoms with Crippen molar-refractivity contribution >= 4 is 5.97 Å². The van der Waals surface area contributed by atoms with Crippen LogP contribution in [0.2, 0.25) is 0 Å². The van der Waals surface area contributed by atoms with Crippen LogP contribution in [0.15, 0.2) is 0 Å². The first kappa shape index (κ1) is 13.3. The molecule has 1 aromatic heterocycles. The summed E-state index contributed by atoms with van der Waals surface area (Å²) in [6, 6.07) is 2.15. The molecule has 1 heterocycles. The maximum Gasteiger partial charge on any atom is 0.343 e. The summed E-state index contributed by atoms with van der Waals surface area (Å²) in [5, 5.41) is 9.30. The highest BCUT2D eigenvalue weighted by molar-refractivity contribution is 5.71. The van der Waals surface area contributed by atoms with E-state index in [2.05, 4.69) is 15.8 Å². The highest BCUT2D eigenvalue weighted by atomic mass is 16.6. The van der Waals surface area contributed by atoms with E-state index in [1.165, 1.54) is 7.11 Å². The molecule has 1 aliphatic rings. The Hall–Kier alpha value is -2.09. The second kappa shape index (κ2) is 5.70. The van der Waals surface area contributed by atoms with Crippen LogP contribution in [0, 0.1) is 18.3 Å². The standard InChI is InChI=1S/C14H16N2O3/c1-9-10-5-3-4-6-11(10)12(7-15)14(16-9)19-8-13(17)18-2/h3-6,8H2,1-2H3. The van der Waals surface area contributed by atoms with Gasteiger partial charge in [0.1, 0.15) is 11.6 Å². The van der Waals surface area contributed by atoms with Gasteiger partial charge in [0.15, 0.2) is 6.61 Å². The number of nitrogens with zero attached hydrogens (tertiary/aromatic N) is 2. The van der Waals surface area contributed by atoms with Crippen LogP contribution in [0.25, 0.3) is 0 Å². The average Bonchev–Trinajstić information content (AvgIpc) is 2.45. The molecule has 0 amide bonds. The Balaban J connectivity index is 2.36. The van der Waals surface area contributed by atoms with Crippen LogP contribution in [-0.2, 0) is 22.4 Å². The normalized spacial score (nSPS) is 13.3. The van der Waals surface area contributed by atoms with Gasteiger partial charge in [0.05, 0.1) is 7.11 Å². The number of methoxy groups -OCH3 is 1. The summed E-state index contributed by atoms with van der Waals surface area (Å²) in [6.45, 7) is 1.69. The third kappa shape index (κ3) is 2.68. The second-order valence-corrected chi connectivity index (χ2v) is 4.52. The van der Waals surface area contributed by atoms with Gasteiger partial charge in [-0.05, 0) is 43.7 Å². The lowest BCUT2D eigenvalue weighted by Gasteiger charge is -2.20. The van der Waals surface area contributed by atoms with Crippen LogP contribution in [0.5, 0.6) is 5.88 Å². The van der Waals surface area contributed by atoms with E-state index in [9.17, 15) is 10.1 Å². The number of aryl methyl sites for hydroxylation is 1. The molecule has 0 spiro atoms. The van der Waals surface area contributed by atoms with Gasteiger partial charge in [0.25, 0.3) is 0 Å². The fourth-order valence-corrected chi connectivity index (χ4v) is 2.39. The monoisotopic (exact) mass is 260 g/mol. The van der Waals surface area contributed by atoms with Gasteiger partial charge in [0.2, 0.25) is 5.88 Å². The van der Waals surface area contributed by atoms with Gasteiger partial charge in [-0.2, -0.15) is 5.26 Å². The zero-order valence-corrected chi connectivity index (χ0v) is 11.2.